The van der Waals surface area contributed by atoms with Crippen molar-refractivity contribution < 1.29 is 0 Å². The first-order chi connectivity index (χ1) is 7.40. The molecule has 88 valence electrons. The SMILES string of the molecule is NCCN1CCCC(N2CCCC2)CC1. The number of hydrogen-bond acceptors (Lipinski definition) is 3. The van der Waals surface area contributed by atoms with E-state index in [1.165, 1.54) is 58.3 Å². The summed E-state index contributed by atoms with van der Waals surface area (Å²) >= 11 is 0. The second kappa shape index (κ2) is 5.83. The van der Waals surface area contributed by atoms with Gasteiger partial charge in [-0.1, -0.05) is 0 Å². The average molecular weight is 211 g/mol. The maximum absolute atomic E-state index is 5.62. The summed E-state index contributed by atoms with van der Waals surface area (Å²) in [7, 11) is 0. The standard InChI is InChI=1S/C12H25N3/c13-6-11-14-7-3-4-12(5-10-14)15-8-1-2-9-15/h12H,1-11,13H2. The van der Waals surface area contributed by atoms with E-state index in [0.717, 1.165) is 19.1 Å². The Bertz CT molecular complexity index is 178. The quantitative estimate of drug-likeness (QED) is 0.752. The molecular weight excluding hydrogens is 186 g/mol. The molecule has 0 aromatic carbocycles. The summed E-state index contributed by atoms with van der Waals surface area (Å²) in [5.74, 6) is 0. The van der Waals surface area contributed by atoms with Crippen molar-refractivity contribution in [2.45, 2.75) is 38.1 Å². The summed E-state index contributed by atoms with van der Waals surface area (Å²) in [4.78, 5) is 5.25. The third-order valence-corrected chi connectivity index (χ3v) is 3.89. The summed E-state index contributed by atoms with van der Waals surface area (Å²) in [5.41, 5.74) is 5.62. The number of nitrogens with two attached hydrogens (primary N) is 1. The predicted molar refractivity (Wildman–Crippen MR) is 63.9 cm³/mol. The Morgan fingerprint density at radius 1 is 0.933 bits per heavy atom. The minimum Gasteiger partial charge on any atom is -0.329 e. The molecule has 0 radical (unpaired) electrons. The van der Waals surface area contributed by atoms with E-state index in [0.29, 0.717) is 0 Å². The van der Waals surface area contributed by atoms with Gasteiger partial charge in [-0.3, -0.25) is 0 Å². The zero-order chi connectivity index (χ0) is 10.5. The summed E-state index contributed by atoms with van der Waals surface area (Å²) in [6, 6.07) is 0.871. The summed E-state index contributed by atoms with van der Waals surface area (Å²) in [6.45, 7) is 7.13. The lowest BCUT2D eigenvalue weighted by molar-refractivity contribution is 0.216. The first-order valence-electron chi connectivity index (χ1n) is 6.56. The van der Waals surface area contributed by atoms with E-state index in [-0.39, 0.29) is 0 Å². The van der Waals surface area contributed by atoms with Gasteiger partial charge in [-0.15, -0.1) is 0 Å². The second-order valence-electron chi connectivity index (χ2n) is 4.96. The van der Waals surface area contributed by atoms with Gasteiger partial charge in [0.15, 0.2) is 0 Å². The molecule has 1 atom stereocenters. The largest absolute Gasteiger partial charge is 0.329 e. The summed E-state index contributed by atoms with van der Waals surface area (Å²) in [5, 5.41) is 0. The van der Waals surface area contributed by atoms with Crippen molar-refractivity contribution in [1.82, 2.24) is 9.80 Å². The highest BCUT2D eigenvalue weighted by molar-refractivity contribution is 4.80. The molecular formula is C12H25N3. The van der Waals surface area contributed by atoms with Crippen LogP contribution in [0, 0.1) is 0 Å². The van der Waals surface area contributed by atoms with E-state index in [4.69, 9.17) is 5.73 Å². The summed E-state index contributed by atoms with van der Waals surface area (Å²) < 4.78 is 0. The van der Waals surface area contributed by atoms with Crippen LogP contribution < -0.4 is 5.73 Å². The molecule has 2 saturated heterocycles. The van der Waals surface area contributed by atoms with Crippen LogP contribution in [0.3, 0.4) is 0 Å². The molecule has 0 amide bonds. The van der Waals surface area contributed by atoms with Gasteiger partial charge in [0.2, 0.25) is 0 Å². The van der Waals surface area contributed by atoms with Crippen LogP contribution in [-0.2, 0) is 0 Å². The van der Waals surface area contributed by atoms with Gasteiger partial charge in [0.25, 0.3) is 0 Å². The molecule has 3 nitrogen and oxygen atoms in total. The van der Waals surface area contributed by atoms with Gasteiger partial charge in [-0.2, -0.15) is 0 Å². The van der Waals surface area contributed by atoms with Gasteiger partial charge in [0.05, 0.1) is 0 Å². The fraction of sp³-hybridized carbons (Fsp3) is 1.00. The lowest BCUT2D eigenvalue weighted by Gasteiger charge is -2.26. The second-order valence-corrected chi connectivity index (χ2v) is 4.96. The van der Waals surface area contributed by atoms with Crippen LogP contribution in [0.4, 0.5) is 0 Å². The Kier molecular flexibility index (Phi) is 4.42. The zero-order valence-electron chi connectivity index (χ0n) is 9.83. The van der Waals surface area contributed by atoms with Crippen LogP contribution in [0.1, 0.15) is 32.1 Å². The molecule has 0 bridgehead atoms. The Hall–Kier alpha value is -0.120. The highest BCUT2D eigenvalue weighted by Gasteiger charge is 2.24. The minimum absolute atomic E-state index is 0.814. The van der Waals surface area contributed by atoms with Gasteiger partial charge < -0.3 is 15.5 Å². The Morgan fingerprint density at radius 2 is 1.73 bits per heavy atom. The third kappa shape index (κ3) is 3.16. The van der Waals surface area contributed by atoms with E-state index in [9.17, 15) is 0 Å². The topological polar surface area (TPSA) is 32.5 Å². The molecule has 1 unspecified atom stereocenters. The first kappa shape index (κ1) is 11.4. The van der Waals surface area contributed by atoms with Crippen molar-refractivity contribution in [2.75, 3.05) is 39.3 Å². The normalized spacial score (nSPS) is 30.6. The fourth-order valence-corrected chi connectivity index (χ4v) is 3.02. The van der Waals surface area contributed by atoms with E-state index in [1.54, 1.807) is 0 Å². The third-order valence-electron chi connectivity index (χ3n) is 3.89. The summed E-state index contributed by atoms with van der Waals surface area (Å²) in [6.07, 6.45) is 6.97. The van der Waals surface area contributed by atoms with Crippen molar-refractivity contribution in [3.8, 4) is 0 Å². The monoisotopic (exact) mass is 211 g/mol. The van der Waals surface area contributed by atoms with Crippen LogP contribution in [0.2, 0.25) is 0 Å². The van der Waals surface area contributed by atoms with Gasteiger partial charge in [-0.25, -0.2) is 0 Å². The molecule has 2 fully saturated rings. The van der Waals surface area contributed by atoms with Crippen molar-refractivity contribution in [3.05, 3.63) is 0 Å². The van der Waals surface area contributed by atoms with E-state index >= 15 is 0 Å². The smallest absolute Gasteiger partial charge is 0.0108 e. The Labute approximate surface area is 93.6 Å². The van der Waals surface area contributed by atoms with Gasteiger partial charge in [0.1, 0.15) is 0 Å². The fourth-order valence-electron chi connectivity index (χ4n) is 3.02. The van der Waals surface area contributed by atoms with Crippen molar-refractivity contribution in [2.24, 2.45) is 5.73 Å². The predicted octanol–water partition coefficient (Wildman–Crippen LogP) is 0.895. The molecule has 0 saturated carbocycles. The molecule has 2 rings (SSSR count). The molecule has 2 aliphatic heterocycles. The van der Waals surface area contributed by atoms with E-state index < -0.39 is 0 Å². The first-order valence-corrected chi connectivity index (χ1v) is 6.56. The molecule has 0 aromatic rings. The molecule has 2 heterocycles. The minimum atomic E-state index is 0.814. The Morgan fingerprint density at radius 3 is 2.47 bits per heavy atom. The van der Waals surface area contributed by atoms with Crippen LogP contribution >= 0.6 is 0 Å². The molecule has 2 N–H and O–H groups in total. The van der Waals surface area contributed by atoms with Crippen molar-refractivity contribution >= 4 is 0 Å². The molecule has 0 aromatic heterocycles. The lowest BCUT2D eigenvalue weighted by atomic mass is 10.1. The lowest BCUT2D eigenvalue weighted by Crippen LogP contribution is -2.34. The van der Waals surface area contributed by atoms with E-state index in [1.807, 2.05) is 0 Å². The highest BCUT2D eigenvalue weighted by Crippen LogP contribution is 2.20. The van der Waals surface area contributed by atoms with E-state index in [2.05, 4.69) is 9.80 Å². The number of likely N-dealkylation sites (tertiary alicyclic amines) is 2. The highest BCUT2D eigenvalue weighted by atomic mass is 15.2. The maximum Gasteiger partial charge on any atom is 0.0108 e. The van der Waals surface area contributed by atoms with Crippen LogP contribution in [0.25, 0.3) is 0 Å². The number of nitrogens with zero attached hydrogens (tertiary/aromatic N) is 2. The molecule has 3 heteroatoms. The van der Waals surface area contributed by atoms with Gasteiger partial charge >= 0.3 is 0 Å². The van der Waals surface area contributed by atoms with Crippen LogP contribution in [-0.4, -0.2) is 55.1 Å². The molecule has 0 spiro atoms. The Balaban J connectivity index is 1.78. The maximum atomic E-state index is 5.62. The molecule has 2 aliphatic rings. The molecule has 0 aliphatic carbocycles. The van der Waals surface area contributed by atoms with Gasteiger partial charge in [-0.05, 0) is 58.3 Å². The number of hydrogen-bond donors (Lipinski definition) is 1. The van der Waals surface area contributed by atoms with Crippen LogP contribution in [0.5, 0.6) is 0 Å². The zero-order valence-corrected chi connectivity index (χ0v) is 9.83. The molecule has 15 heavy (non-hydrogen) atoms. The van der Waals surface area contributed by atoms with Gasteiger partial charge in [0, 0.05) is 19.1 Å². The van der Waals surface area contributed by atoms with Crippen molar-refractivity contribution in [1.29, 1.82) is 0 Å². The van der Waals surface area contributed by atoms with Crippen molar-refractivity contribution in [3.63, 3.8) is 0 Å². The van der Waals surface area contributed by atoms with Crippen LogP contribution in [0.15, 0.2) is 0 Å². The number of rotatable bonds is 3. The average Bonchev–Trinajstić information content (AvgIpc) is 2.67.